The van der Waals surface area contributed by atoms with Crippen LogP contribution in [0.4, 0.5) is 5.69 Å². The molecule has 0 spiro atoms. The number of nitrogens with zero attached hydrogens (tertiary/aromatic N) is 1. The molecule has 26 heavy (non-hydrogen) atoms. The minimum absolute atomic E-state index is 0.276. The zero-order chi connectivity index (χ0) is 18.9. The van der Waals surface area contributed by atoms with Crippen LogP contribution in [0, 0.1) is 0 Å². The van der Waals surface area contributed by atoms with Crippen molar-refractivity contribution in [2.24, 2.45) is 5.10 Å². The molecule has 0 atom stereocenters. The average molecular weight is 418 g/mol. The Labute approximate surface area is 158 Å². The number of nitrogens with one attached hydrogen (secondary N) is 2. The maximum atomic E-state index is 11.8. The Morgan fingerprint density at radius 1 is 1.04 bits per heavy atom. The van der Waals surface area contributed by atoms with E-state index in [1.165, 1.54) is 30.5 Å². The fraction of sp³-hybridized carbons (Fsp3) is 0.111. The maximum Gasteiger partial charge on any atom is 0.338 e. The first-order valence-electron chi connectivity index (χ1n) is 7.66. The summed E-state index contributed by atoms with van der Waals surface area (Å²) in [6.45, 7) is 1.99. The lowest BCUT2D eigenvalue weighted by molar-refractivity contribution is -0.136. The Hall–Kier alpha value is -3.00. The summed E-state index contributed by atoms with van der Waals surface area (Å²) in [7, 11) is 0. The molecule has 0 unspecified atom stereocenters. The topological polar surface area (TPSA) is 96.9 Å². The first-order chi connectivity index (χ1) is 12.5. The van der Waals surface area contributed by atoms with Gasteiger partial charge in [0.05, 0.1) is 18.4 Å². The van der Waals surface area contributed by atoms with Crippen LogP contribution in [0.5, 0.6) is 0 Å². The van der Waals surface area contributed by atoms with Crippen molar-refractivity contribution in [3.8, 4) is 0 Å². The van der Waals surface area contributed by atoms with E-state index in [9.17, 15) is 14.4 Å². The first kappa shape index (κ1) is 19.3. The molecule has 0 heterocycles. The molecule has 0 saturated carbocycles. The zero-order valence-corrected chi connectivity index (χ0v) is 15.4. The number of benzene rings is 2. The largest absolute Gasteiger partial charge is 0.462 e. The van der Waals surface area contributed by atoms with Crippen molar-refractivity contribution in [2.45, 2.75) is 6.92 Å². The maximum absolute atomic E-state index is 11.8. The molecule has 0 aliphatic heterocycles. The Bertz CT molecular complexity index is 817. The van der Waals surface area contributed by atoms with Gasteiger partial charge in [0.2, 0.25) is 0 Å². The summed E-state index contributed by atoms with van der Waals surface area (Å²) in [6, 6.07) is 13.3. The molecule has 2 rings (SSSR count). The highest BCUT2D eigenvalue weighted by Gasteiger charge is 2.13. The molecule has 0 aliphatic carbocycles. The van der Waals surface area contributed by atoms with Gasteiger partial charge in [-0.3, -0.25) is 9.59 Å². The molecule has 2 aromatic carbocycles. The van der Waals surface area contributed by atoms with Gasteiger partial charge in [0, 0.05) is 10.2 Å². The van der Waals surface area contributed by atoms with Gasteiger partial charge in [-0.25, -0.2) is 10.2 Å². The lowest BCUT2D eigenvalue weighted by atomic mass is 10.2. The molecule has 0 aromatic heterocycles. The van der Waals surface area contributed by atoms with Crippen molar-refractivity contribution in [1.29, 1.82) is 0 Å². The molecule has 0 saturated heterocycles. The SMILES string of the molecule is CCOC(=O)c1ccc(NC(=O)C(=O)N/N=C\c2ccc(Br)cc2)cc1. The number of hydrogen-bond acceptors (Lipinski definition) is 5. The number of ether oxygens (including phenoxy) is 1. The van der Waals surface area contributed by atoms with Gasteiger partial charge in [0.15, 0.2) is 0 Å². The molecular weight excluding hydrogens is 402 g/mol. The van der Waals surface area contributed by atoms with E-state index in [-0.39, 0.29) is 6.61 Å². The second-order valence-electron chi connectivity index (χ2n) is 5.00. The van der Waals surface area contributed by atoms with Crippen LogP contribution in [0.3, 0.4) is 0 Å². The Balaban J connectivity index is 1.87. The van der Waals surface area contributed by atoms with E-state index in [0.717, 1.165) is 10.0 Å². The van der Waals surface area contributed by atoms with E-state index in [4.69, 9.17) is 4.74 Å². The summed E-state index contributed by atoms with van der Waals surface area (Å²) in [5, 5.41) is 6.14. The van der Waals surface area contributed by atoms with Crippen LogP contribution in [0.15, 0.2) is 58.1 Å². The van der Waals surface area contributed by atoms with Crippen molar-refractivity contribution in [3.63, 3.8) is 0 Å². The van der Waals surface area contributed by atoms with Crippen LogP contribution in [0.1, 0.15) is 22.8 Å². The summed E-state index contributed by atoms with van der Waals surface area (Å²) in [6.07, 6.45) is 1.42. The van der Waals surface area contributed by atoms with E-state index in [1.54, 1.807) is 19.1 Å². The molecule has 134 valence electrons. The van der Waals surface area contributed by atoms with Crippen LogP contribution in [0.25, 0.3) is 0 Å². The lowest BCUT2D eigenvalue weighted by Crippen LogP contribution is -2.32. The number of halogens is 1. The van der Waals surface area contributed by atoms with E-state index in [0.29, 0.717) is 11.3 Å². The monoisotopic (exact) mass is 417 g/mol. The third-order valence-electron chi connectivity index (χ3n) is 3.11. The highest BCUT2D eigenvalue weighted by Crippen LogP contribution is 2.11. The number of hydrazone groups is 1. The summed E-state index contributed by atoms with van der Waals surface area (Å²) < 4.78 is 5.79. The predicted molar refractivity (Wildman–Crippen MR) is 101 cm³/mol. The van der Waals surface area contributed by atoms with Gasteiger partial charge in [-0.1, -0.05) is 28.1 Å². The molecule has 2 aromatic rings. The molecule has 2 N–H and O–H groups in total. The highest BCUT2D eigenvalue weighted by atomic mass is 79.9. The zero-order valence-electron chi connectivity index (χ0n) is 13.9. The number of anilines is 1. The number of hydrogen-bond donors (Lipinski definition) is 2. The van der Waals surface area contributed by atoms with Crippen molar-refractivity contribution >= 4 is 45.6 Å². The Kier molecular flexibility index (Phi) is 7.04. The van der Waals surface area contributed by atoms with E-state index >= 15 is 0 Å². The van der Waals surface area contributed by atoms with Gasteiger partial charge < -0.3 is 10.1 Å². The normalized spacial score (nSPS) is 10.4. The average Bonchev–Trinajstić information content (AvgIpc) is 2.64. The van der Waals surface area contributed by atoms with Gasteiger partial charge in [-0.15, -0.1) is 0 Å². The van der Waals surface area contributed by atoms with Crippen molar-refractivity contribution in [1.82, 2.24) is 5.43 Å². The quantitative estimate of drug-likeness (QED) is 0.338. The highest BCUT2D eigenvalue weighted by molar-refractivity contribution is 9.10. The lowest BCUT2D eigenvalue weighted by Gasteiger charge is -2.05. The number of rotatable bonds is 5. The Morgan fingerprint density at radius 3 is 2.31 bits per heavy atom. The van der Waals surface area contributed by atoms with Crippen molar-refractivity contribution in [2.75, 3.05) is 11.9 Å². The minimum Gasteiger partial charge on any atom is -0.462 e. The standard InChI is InChI=1S/C18H16BrN3O4/c1-2-26-18(25)13-5-9-15(10-6-13)21-16(23)17(24)22-20-11-12-3-7-14(19)8-4-12/h3-11H,2H2,1H3,(H,21,23)(H,22,24)/b20-11-. The summed E-state index contributed by atoms with van der Waals surface area (Å²) in [5.41, 5.74) is 3.64. The van der Waals surface area contributed by atoms with Crippen LogP contribution in [0.2, 0.25) is 0 Å². The fourth-order valence-electron chi connectivity index (χ4n) is 1.86. The minimum atomic E-state index is -0.909. The van der Waals surface area contributed by atoms with Crippen molar-refractivity contribution in [3.05, 3.63) is 64.1 Å². The fourth-order valence-corrected chi connectivity index (χ4v) is 2.12. The second-order valence-corrected chi connectivity index (χ2v) is 5.92. The first-order valence-corrected chi connectivity index (χ1v) is 8.46. The molecule has 0 radical (unpaired) electrons. The summed E-state index contributed by atoms with van der Waals surface area (Å²) >= 11 is 3.31. The third-order valence-corrected chi connectivity index (χ3v) is 3.64. The molecular formula is C18H16BrN3O4. The smallest absolute Gasteiger partial charge is 0.338 e. The van der Waals surface area contributed by atoms with Crippen LogP contribution >= 0.6 is 15.9 Å². The van der Waals surface area contributed by atoms with Crippen LogP contribution < -0.4 is 10.7 Å². The number of carbonyl (C=O) groups is 3. The summed E-state index contributed by atoms with van der Waals surface area (Å²) in [4.78, 5) is 35.1. The van der Waals surface area contributed by atoms with Gasteiger partial charge in [-0.05, 0) is 48.9 Å². The molecule has 0 aliphatic rings. The van der Waals surface area contributed by atoms with Gasteiger partial charge >= 0.3 is 17.8 Å². The number of esters is 1. The second kappa shape index (κ2) is 9.47. The molecule has 0 bridgehead atoms. The molecule has 8 heteroatoms. The van der Waals surface area contributed by atoms with Gasteiger partial charge in [-0.2, -0.15) is 5.10 Å². The molecule has 7 nitrogen and oxygen atoms in total. The van der Waals surface area contributed by atoms with E-state index in [1.807, 2.05) is 12.1 Å². The number of carbonyl (C=O) groups excluding carboxylic acids is 3. The third kappa shape index (κ3) is 5.82. The van der Waals surface area contributed by atoms with Crippen LogP contribution in [-0.4, -0.2) is 30.6 Å². The van der Waals surface area contributed by atoms with Gasteiger partial charge in [0.1, 0.15) is 0 Å². The number of amides is 2. The summed E-state index contributed by atoms with van der Waals surface area (Å²) in [5.74, 6) is -2.24. The Morgan fingerprint density at radius 2 is 1.69 bits per heavy atom. The van der Waals surface area contributed by atoms with Crippen molar-refractivity contribution < 1.29 is 19.1 Å². The van der Waals surface area contributed by atoms with Gasteiger partial charge in [0.25, 0.3) is 0 Å². The molecule has 0 fully saturated rings. The predicted octanol–water partition coefficient (Wildman–Crippen LogP) is 2.71. The molecule has 2 amide bonds. The van der Waals surface area contributed by atoms with E-state index in [2.05, 4.69) is 31.8 Å². The van der Waals surface area contributed by atoms with E-state index < -0.39 is 17.8 Å². The van der Waals surface area contributed by atoms with Crippen LogP contribution in [-0.2, 0) is 14.3 Å².